The minimum absolute atomic E-state index is 0.169. The summed E-state index contributed by atoms with van der Waals surface area (Å²) >= 11 is 10.9. The molecule has 1 aromatic heterocycles. The minimum Gasteiger partial charge on any atom is -0.309 e. The Balaban J connectivity index is 2.48. The van der Waals surface area contributed by atoms with Crippen molar-refractivity contribution in [1.29, 1.82) is 0 Å². The van der Waals surface area contributed by atoms with Crippen molar-refractivity contribution in [2.24, 2.45) is 0 Å². The maximum Gasteiger partial charge on any atom is 0.131 e. The molecule has 1 heterocycles. The second-order valence-corrected chi connectivity index (χ2v) is 6.51. The first-order chi connectivity index (χ1) is 8.54. The largest absolute Gasteiger partial charge is 0.309 e. The highest BCUT2D eigenvalue weighted by molar-refractivity contribution is 9.10. The van der Waals surface area contributed by atoms with E-state index in [0.29, 0.717) is 15.5 Å². The summed E-state index contributed by atoms with van der Waals surface area (Å²) in [6, 6.07) is 7.17. The first kappa shape index (κ1) is 14.0. The highest BCUT2D eigenvalue weighted by atomic mass is 79.9. The fourth-order valence-electron chi connectivity index (χ4n) is 1.85. The molecule has 0 amide bonds. The van der Waals surface area contributed by atoms with Crippen molar-refractivity contribution in [3.05, 3.63) is 54.9 Å². The predicted molar refractivity (Wildman–Crippen MR) is 79.1 cm³/mol. The zero-order chi connectivity index (χ0) is 13.3. The van der Waals surface area contributed by atoms with Crippen molar-refractivity contribution < 1.29 is 4.39 Å². The van der Waals surface area contributed by atoms with E-state index in [1.807, 2.05) is 19.2 Å². The van der Waals surface area contributed by atoms with Gasteiger partial charge >= 0.3 is 0 Å². The number of rotatable bonds is 3. The van der Waals surface area contributed by atoms with Gasteiger partial charge in [0.1, 0.15) is 10.2 Å². The Labute approximate surface area is 123 Å². The lowest BCUT2D eigenvalue weighted by Crippen LogP contribution is -2.18. The molecule has 0 aliphatic carbocycles. The number of halogens is 3. The summed E-state index contributed by atoms with van der Waals surface area (Å²) in [6.07, 6.45) is 0. The van der Waals surface area contributed by atoms with E-state index in [2.05, 4.69) is 21.2 Å². The van der Waals surface area contributed by atoms with Crippen LogP contribution in [-0.4, -0.2) is 7.05 Å². The number of nitrogens with one attached hydrogen (secondary N) is 1. The molecular weight excluding hydrogens is 337 g/mol. The summed E-state index contributed by atoms with van der Waals surface area (Å²) < 4.78 is 15.7. The molecule has 0 bridgehead atoms. The van der Waals surface area contributed by atoms with Gasteiger partial charge in [0.25, 0.3) is 0 Å². The van der Waals surface area contributed by atoms with Crippen molar-refractivity contribution in [1.82, 2.24) is 5.32 Å². The van der Waals surface area contributed by atoms with Gasteiger partial charge in [-0.05, 0) is 41.5 Å². The first-order valence-corrected chi connectivity index (χ1v) is 7.40. The topological polar surface area (TPSA) is 12.0 Å². The molecular formula is C13H12BrClFNS. The van der Waals surface area contributed by atoms with Crippen LogP contribution in [0.15, 0.2) is 28.7 Å². The normalized spacial score (nSPS) is 12.7. The summed E-state index contributed by atoms with van der Waals surface area (Å²) in [5, 5.41) is 3.13. The Kier molecular flexibility index (Phi) is 4.43. The summed E-state index contributed by atoms with van der Waals surface area (Å²) in [4.78, 5) is 0.985. The van der Waals surface area contributed by atoms with Crippen LogP contribution in [0.1, 0.15) is 22.0 Å². The van der Waals surface area contributed by atoms with Gasteiger partial charge in [0.2, 0.25) is 0 Å². The number of benzene rings is 1. The third-order valence-electron chi connectivity index (χ3n) is 2.77. The molecule has 0 saturated carbocycles. The van der Waals surface area contributed by atoms with Crippen molar-refractivity contribution in [2.75, 3.05) is 7.05 Å². The van der Waals surface area contributed by atoms with Gasteiger partial charge in [-0.1, -0.05) is 29.8 Å². The monoisotopic (exact) mass is 347 g/mol. The Morgan fingerprint density at radius 2 is 2.17 bits per heavy atom. The summed E-state index contributed by atoms with van der Waals surface area (Å²) in [6.45, 7) is 1.77. The molecule has 0 spiro atoms. The molecule has 0 aliphatic rings. The molecule has 1 aromatic carbocycles. The van der Waals surface area contributed by atoms with Crippen molar-refractivity contribution in [2.45, 2.75) is 13.0 Å². The standard InChI is InChI=1S/C13H12BrClFNS/c1-7-4-3-5-8(11(7)16)12(17-2)10-6-9(14)13(15)18-10/h3-6,12,17H,1-2H3. The number of thiophene rings is 1. The van der Waals surface area contributed by atoms with E-state index in [4.69, 9.17) is 11.6 Å². The van der Waals surface area contributed by atoms with E-state index in [0.717, 1.165) is 9.35 Å². The van der Waals surface area contributed by atoms with Gasteiger partial charge in [0.15, 0.2) is 0 Å². The Bertz CT molecular complexity index is 551. The van der Waals surface area contributed by atoms with Gasteiger partial charge in [-0.2, -0.15) is 0 Å². The molecule has 1 N–H and O–H groups in total. The Morgan fingerprint density at radius 3 is 2.72 bits per heavy atom. The van der Waals surface area contributed by atoms with Crippen LogP contribution >= 0.6 is 38.9 Å². The molecule has 1 nitrogen and oxygen atoms in total. The molecule has 0 aliphatic heterocycles. The van der Waals surface area contributed by atoms with Crippen LogP contribution in [0, 0.1) is 12.7 Å². The molecule has 2 rings (SSSR count). The third kappa shape index (κ3) is 2.62. The van der Waals surface area contributed by atoms with E-state index < -0.39 is 0 Å². The maximum absolute atomic E-state index is 14.2. The molecule has 96 valence electrons. The quantitative estimate of drug-likeness (QED) is 0.830. The maximum atomic E-state index is 14.2. The van der Waals surface area contributed by atoms with Crippen molar-refractivity contribution in [3.8, 4) is 0 Å². The van der Waals surface area contributed by atoms with E-state index >= 15 is 0 Å². The minimum atomic E-state index is -0.182. The van der Waals surface area contributed by atoms with Crippen LogP contribution in [0.2, 0.25) is 4.34 Å². The predicted octanol–water partition coefficient (Wildman–Crippen LogP) is 4.92. The van der Waals surface area contributed by atoms with Crippen LogP contribution < -0.4 is 5.32 Å². The molecule has 2 aromatic rings. The lowest BCUT2D eigenvalue weighted by atomic mass is 10.0. The van der Waals surface area contributed by atoms with E-state index in [1.165, 1.54) is 11.3 Å². The molecule has 18 heavy (non-hydrogen) atoms. The summed E-state index contributed by atoms with van der Waals surface area (Å²) in [5.74, 6) is -0.169. The third-order valence-corrected chi connectivity index (χ3v) is 5.31. The molecule has 0 saturated heterocycles. The van der Waals surface area contributed by atoms with E-state index in [1.54, 1.807) is 19.1 Å². The van der Waals surface area contributed by atoms with Crippen LogP contribution in [0.3, 0.4) is 0 Å². The second kappa shape index (κ2) is 5.70. The molecule has 0 radical (unpaired) electrons. The number of hydrogen-bond donors (Lipinski definition) is 1. The van der Waals surface area contributed by atoms with E-state index in [9.17, 15) is 4.39 Å². The summed E-state index contributed by atoms with van der Waals surface area (Å²) in [5.41, 5.74) is 1.29. The number of hydrogen-bond acceptors (Lipinski definition) is 2. The number of aryl methyl sites for hydroxylation is 1. The van der Waals surface area contributed by atoms with Crippen LogP contribution in [-0.2, 0) is 0 Å². The SMILES string of the molecule is CNC(c1cc(Br)c(Cl)s1)c1cccc(C)c1F. The van der Waals surface area contributed by atoms with E-state index in [-0.39, 0.29) is 11.9 Å². The molecule has 1 atom stereocenters. The molecule has 1 unspecified atom stereocenters. The zero-order valence-electron chi connectivity index (χ0n) is 9.93. The van der Waals surface area contributed by atoms with Gasteiger partial charge in [-0.15, -0.1) is 11.3 Å². The Morgan fingerprint density at radius 1 is 1.44 bits per heavy atom. The first-order valence-electron chi connectivity index (χ1n) is 5.41. The smallest absolute Gasteiger partial charge is 0.131 e. The average Bonchev–Trinajstić information content (AvgIpc) is 2.66. The van der Waals surface area contributed by atoms with Gasteiger partial charge in [0, 0.05) is 14.9 Å². The summed E-state index contributed by atoms with van der Waals surface area (Å²) in [7, 11) is 1.81. The van der Waals surface area contributed by atoms with Gasteiger partial charge in [-0.25, -0.2) is 4.39 Å². The van der Waals surface area contributed by atoms with Crippen LogP contribution in [0.4, 0.5) is 4.39 Å². The molecule has 5 heteroatoms. The lowest BCUT2D eigenvalue weighted by Gasteiger charge is -2.16. The molecule has 0 fully saturated rings. The zero-order valence-corrected chi connectivity index (χ0v) is 13.1. The highest BCUT2D eigenvalue weighted by Gasteiger charge is 2.20. The van der Waals surface area contributed by atoms with Crippen LogP contribution in [0.5, 0.6) is 0 Å². The van der Waals surface area contributed by atoms with Crippen molar-refractivity contribution >= 4 is 38.9 Å². The fraction of sp³-hybridized carbons (Fsp3) is 0.231. The van der Waals surface area contributed by atoms with Crippen LogP contribution in [0.25, 0.3) is 0 Å². The van der Waals surface area contributed by atoms with Crippen molar-refractivity contribution in [3.63, 3.8) is 0 Å². The fourth-order valence-corrected chi connectivity index (χ4v) is 3.72. The van der Waals surface area contributed by atoms with Gasteiger partial charge < -0.3 is 5.32 Å². The Hall–Kier alpha value is -0.420. The van der Waals surface area contributed by atoms with Gasteiger partial charge in [-0.3, -0.25) is 0 Å². The lowest BCUT2D eigenvalue weighted by molar-refractivity contribution is 0.572. The van der Waals surface area contributed by atoms with Gasteiger partial charge in [0.05, 0.1) is 6.04 Å². The highest BCUT2D eigenvalue weighted by Crippen LogP contribution is 2.38. The average molecular weight is 349 g/mol. The second-order valence-electron chi connectivity index (χ2n) is 3.97.